The smallest absolute Gasteiger partial charge is 0.230 e. The molecule has 5 heteroatoms. The number of para-hydroxylation sites is 1. The van der Waals surface area contributed by atoms with Gasteiger partial charge in [0.15, 0.2) is 0 Å². The first-order valence-electron chi connectivity index (χ1n) is 9.12. The number of hydrogen-bond donors (Lipinski definition) is 1. The minimum absolute atomic E-state index is 0.324. The summed E-state index contributed by atoms with van der Waals surface area (Å²) in [4.78, 5) is 4.67. The van der Waals surface area contributed by atoms with Crippen molar-refractivity contribution in [2.45, 2.75) is 38.3 Å². The number of rotatable bonds is 5. The predicted octanol–water partition coefficient (Wildman–Crippen LogP) is 4.17. The van der Waals surface area contributed by atoms with E-state index in [-0.39, 0.29) is 0 Å². The third-order valence-corrected chi connectivity index (χ3v) is 4.78. The van der Waals surface area contributed by atoms with E-state index in [1.54, 1.807) is 0 Å². The normalized spacial score (nSPS) is 20.0. The molecule has 0 aliphatic carbocycles. The second-order valence-electron chi connectivity index (χ2n) is 6.80. The van der Waals surface area contributed by atoms with Gasteiger partial charge in [0, 0.05) is 12.0 Å². The van der Waals surface area contributed by atoms with E-state index in [4.69, 9.17) is 9.26 Å². The van der Waals surface area contributed by atoms with Crippen LogP contribution < -0.4 is 10.1 Å². The Morgan fingerprint density at radius 1 is 1.12 bits per heavy atom. The maximum Gasteiger partial charge on any atom is 0.230 e. The van der Waals surface area contributed by atoms with E-state index in [0.717, 1.165) is 42.2 Å². The highest BCUT2D eigenvalue weighted by atomic mass is 16.5. The summed E-state index contributed by atoms with van der Waals surface area (Å²) in [7, 11) is 0. The second-order valence-corrected chi connectivity index (χ2v) is 6.80. The van der Waals surface area contributed by atoms with Gasteiger partial charge in [-0.15, -0.1) is 0 Å². The molecule has 26 heavy (non-hydrogen) atoms. The lowest BCUT2D eigenvalue weighted by Gasteiger charge is -2.25. The fraction of sp³-hybridized carbons (Fsp3) is 0.333. The molecule has 1 aliphatic rings. The topological polar surface area (TPSA) is 60.2 Å². The minimum Gasteiger partial charge on any atom is -0.488 e. The molecule has 1 N–H and O–H groups in total. The van der Waals surface area contributed by atoms with Crippen molar-refractivity contribution in [2.75, 3.05) is 6.54 Å². The quantitative estimate of drug-likeness (QED) is 0.749. The predicted molar refractivity (Wildman–Crippen MR) is 99.9 cm³/mol. The van der Waals surface area contributed by atoms with E-state index >= 15 is 0 Å². The molecule has 1 fully saturated rings. The van der Waals surface area contributed by atoms with E-state index in [2.05, 4.69) is 22.4 Å². The van der Waals surface area contributed by atoms with Crippen LogP contribution in [0.15, 0.2) is 59.1 Å². The first-order valence-corrected chi connectivity index (χ1v) is 9.12. The summed E-state index contributed by atoms with van der Waals surface area (Å²) < 4.78 is 11.6. The summed E-state index contributed by atoms with van der Waals surface area (Å²) in [5.41, 5.74) is 1.99. The van der Waals surface area contributed by atoms with Gasteiger partial charge in [-0.3, -0.25) is 0 Å². The van der Waals surface area contributed by atoms with Crippen molar-refractivity contribution < 1.29 is 9.26 Å². The molecule has 1 saturated heterocycles. The van der Waals surface area contributed by atoms with E-state index in [9.17, 15) is 0 Å². The molecule has 1 aliphatic heterocycles. The molecule has 0 bridgehead atoms. The highest BCUT2D eigenvalue weighted by molar-refractivity contribution is 5.63. The van der Waals surface area contributed by atoms with Crippen molar-refractivity contribution in [3.8, 4) is 17.1 Å². The van der Waals surface area contributed by atoms with Crippen LogP contribution in [0.2, 0.25) is 0 Å². The minimum atomic E-state index is 0.324. The van der Waals surface area contributed by atoms with E-state index in [1.807, 2.05) is 54.6 Å². The number of aromatic nitrogens is 2. The zero-order chi connectivity index (χ0) is 17.8. The molecule has 1 aromatic heterocycles. The highest BCUT2D eigenvalue weighted by Crippen LogP contribution is 2.32. The van der Waals surface area contributed by atoms with Gasteiger partial charge in [0.1, 0.15) is 12.4 Å². The lowest BCUT2D eigenvalue weighted by molar-refractivity contribution is 0.295. The van der Waals surface area contributed by atoms with Gasteiger partial charge in [0.05, 0.1) is 5.56 Å². The molecule has 2 heterocycles. The maximum atomic E-state index is 6.02. The van der Waals surface area contributed by atoms with E-state index < -0.39 is 0 Å². The molecular weight excluding hydrogens is 326 g/mol. The van der Waals surface area contributed by atoms with Crippen LogP contribution in [-0.2, 0) is 6.61 Å². The number of ether oxygens (including phenoxy) is 1. The SMILES string of the molecule is C[C@H]1C[C@@H](c2nc(-c3ccccc3OCc3ccccc3)no2)CCN1. The summed E-state index contributed by atoms with van der Waals surface area (Å²) >= 11 is 0. The average Bonchev–Trinajstić information content (AvgIpc) is 3.17. The first-order chi connectivity index (χ1) is 12.8. The Labute approximate surface area is 153 Å². The van der Waals surface area contributed by atoms with Gasteiger partial charge in [-0.05, 0) is 44.0 Å². The lowest BCUT2D eigenvalue weighted by atomic mass is 9.93. The van der Waals surface area contributed by atoms with Crippen molar-refractivity contribution >= 4 is 0 Å². The van der Waals surface area contributed by atoms with Crippen molar-refractivity contribution in [1.29, 1.82) is 0 Å². The molecule has 2 atom stereocenters. The fourth-order valence-electron chi connectivity index (χ4n) is 3.38. The van der Waals surface area contributed by atoms with Crippen LogP contribution in [0.4, 0.5) is 0 Å². The number of nitrogens with zero attached hydrogens (tertiary/aromatic N) is 2. The van der Waals surface area contributed by atoms with Crippen LogP contribution in [0.1, 0.15) is 37.1 Å². The number of nitrogens with one attached hydrogen (secondary N) is 1. The van der Waals surface area contributed by atoms with Crippen LogP contribution in [0.25, 0.3) is 11.4 Å². The molecule has 0 radical (unpaired) electrons. The van der Waals surface area contributed by atoms with Gasteiger partial charge in [-0.2, -0.15) is 4.98 Å². The van der Waals surface area contributed by atoms with Crippen LogP contribution >= 0.6 is 0 Å². The highest BCUT2D eigenvalue weighted by Gasteiger charge is 2.25. The van der Waals surface area contributed by atoms with Crippen molar-refractivity contribution in [1.82, 2.24) is 15.5 Å². The zero-order valence-corrected chi connectivity index (χ0v) is 14.9. The Balaban J connectivity index is 1.53. The average molecular weight is 349 g/mol. The third kappa shape index (κ3) is 3.78. The van der Waals surface area contributed by atoms with Crippen molar-refractivity contribution in [3.63, 3.8) is 0 Å². The Bertz CT molecular complexity index is 847. The van der Waals surface area contributed by atoms with Crippen molar-refractivity contribution in [2.24, 2.45) is 0 Å². The molecule has 4 rings (SSSR count). The number of piperidine rings is 1. The molecule has 5 nitrogen and oxygen atoms in total. The lowest BCUT2D eigenvalue weighted by Crippen LogP contribution is -2.34. The summed E-state index contributed by atoms with van der Waals surface area (Å²) in [6.45, 7) is 3.69. The molecular formula is C21H23N3O2. The maximum absolute atomic E-state index is 6.02. The molecule has 0 unspecified atom stereocenters. The Kier molecular flexibility index (Phi) is 4.97. The van der Waals surface area contributed by atoms with Crippen LogP contribution in [0, 0.1) is 0 Å². The summed E-state index contributed by atoms with van der Waals surface area (Å²) in [5, 5.41) is 7.67. The molecule has 0 spiro atoms. The summed E-state index contributed by atoms with van der Waals surface area (Å²) in [6, 6.07) is 18.4. The largest absolute Gasteiger partial charge is 0.488 e. The van der Waals surface area contributed by atoms with E-state index in [0.29, 0.717) is 24.4 Å². The Morgan fingerprint density at radius 3 is 2.77 bits per heavy atom. The molecule has 3 aromatic rings. The Hall–Kier alpha value is -2.66. The standard InChI is InChI=1S/C21H23N3O2/c1-15-13-17(11-12-22-15)21-23-20(24-26-21)18-9-5-6-10-19(18)25-14-16-7-3-2-4-8-16/h2-10,15,17,22H,11-14H2,1H3/t15-,17-/m0/s1. The summed E-state index contributed by atoms with van der Waals surface area (Å²) in [6.07, 6.45) is 2.05. The molecule has 2 aromatic carbocycles. The van der Waals surface area contributed by atoms with Gasteiger partial charge >= 0.3 is 0 Å². The fourth-order valence-corrected chi connectivity index (χ4v) is 3.38. The van der Waals surface area contributed by atoms with Crippen LogP contribution in [-0.4, -0.2) is 22.7 Å². The van der Waals surface area contributed by atoms with Gasteiger partial charge in [0.25, 0.3) is 0 Å². The zero-order valence-electron chi connectivity index (χ0n) is 14.9. The molecule has 0 saturated carbocycles. The van der Waals surface area contributed by atoms with Crippen LogP contribution in [0.5, 0.6) is 5.75 Å². The van der Waals surface area contributed by atoms with Crippen LogP contribution in [0.3, 0.4) is 0 Å². The van der Waals surface area contributed by atoms with Crippen molar-refractivity contribution in [3.05, 3.63) is 66.1 Å². The Morgan fingerprint density at radius 2 is 1.92 bits per heavy atom. The van der Waals surface area contributed by atoms with Gasteiger partial charge in [0.2, 0.25) is 11.7 Å². The number of benzene rings is 2. The molecule has 134 valence electrons. The van der Waals surface area contributed by atoms with Gasteiger partial charge in [-0.25, -0.2) is 0 Å². The molecule has 0 amide bonds. The first kappa shape index (κ1) is 16.8. The monoisotopic (exact) mass is 349 g/mol. The second kappa shape index (κ2) is 7.70. The summed E-state index contributed by atoms with van der Waals surface area (Å²) in [5.74, 6) is 2.41. The van der Waals surface area contributed by atoms with E-state index in [1.165, 1.54) is 0 Å². The number of hydrogen-bond acceptors (Lipinski definition) is 5. The van der Waals surface area contributed by atoms with Gasteiger partial charge < -0.3 is 14.6 Å². The third-order valence-electron chi connectivity index (χ3n) is 4.78. The van der Waals surface area contributed by atoms with Gasteiger partial charge in [-0.1, -0.05) is 47.6 Å².